The fourth-order valence-electron chi connectivity index (χ4n) is 1.75. The first-order valence-electron chi connectivity index (χ1n) is 6.53. The molecule has 0 saturated carbocycles. The van der Waals surface area contributed by atoms with E-state index in [0.717, 1.165) is 0 Å². The summed E-state index contributed by atoms with van der Waals surface area (Å²) in [5.74, 6) is -4.27. The van der Waals surface area contributed by atoms with Gasteiger partial charge in [-0.3, -0.25) is 9.59 Å². The predicted octanol–water partition coefficient (Wildman–Crippen LogP) is -4.40. The minimum atomic E-state index is -1.97. The highest BCUT2D eigenvalue weighted by Gasteiger charge is 2.37. The molecule has 23 heavy (non-hydrogen) atoms. The fourth-order valence-corrected chi connectivity index (χ4v) is 1.75. The topological polar surface area (TPSA) is 194 Å². The summed E-state index contributed by atoms with van der Waals surface area (Å²) in [5.41, 5.74) is 0. The van der Waals surface area contributed by atoms with Crippen molar-refractivity contribution in [1.29, 1.82) is 0 Å². The zero-order chi connectivity index (χ0) is 18.2. The number of aliphatic hydroxyl groups is 5. The van der Waals surface area contributed by atoms with Crippen LogP contribution in [0.5, 0.6) is 0 Å². The molecule has 1 amide bonds. The summed E-state index contributed by atoms with van der Waals surface area (Å²) in [4.78, 5) is 32.8. The Balaban J connectivity index is 5.14. The fraction of sp³-hybridized carbons (Fsp3) is 0.750. The van der Waals surface area contributed by atoms with Gasteiger partial charge in [0.25, 0.3) is 0 Å². The molecule has 0 rings (SSSR count). The number of ether oxygens (including phenoxy) is 1. The number of methoxy groups -OCH3 is 1. The van der Waals surface area contributed by atoms with Crippen molar-refractivity contribution in [3.63, 3.8) is 0 Å². The van der Waals surface area contributed by atoms with Crippen molar-refractivity contribution in [2.45, 2.75) is 36.9 Å². The zero-order valence-corrected chi connectivity index (χ0v) is 12.3. The summed E-state index contributed by atoms with van der Waals surface area (Å²) in [7, 11) is 1.22. The first-order chi connectivity index (χ1) is 10.6. The molecule has 5 atom stereocenters. The third-order valence-corrected chi connectivity index (χ3v) is 2.97. The number of ketones is 1. The molecule has 11 heteroatoms. The lowest BCUT2D eigenvalue weighted by Crippen LogP contribution is -2.58. The lowest BCUT2D eigenvalue weighted by molar-refractivity contribution is -0.151. The van der Waals surface area contributed by atoms with Crippen LogP contribution in [-0.2, 0) is 19.1 Å². The number of Topliss-reactive ketones (excluding diaryl/α,β-unsaturated/α-hetero) is 1. The molecule has 0 saturated heterocycles. The molecule has 0 aliphatic carbocycles. The number of nitrogens with one attached hydrogen (secondary N) is 1. The largest absolute Gasteiger partial charge is 0.475 e. The van der Waals surface area contributed by atoms with E-state index in [1.54, 1.807) is 0 Å². The molecular weight excluding hydrogens is 318 g/mol. The Kier molecular flexibility index (Phi) is 9.48. The van der Waals surface area contributed by atoms with E-state index in [0.29, 0.717) is 0 Å². The Morgan fingerprint density at radius 3 is 2.04 bits per heavy atom. The van der Waals surface area contributed by atoms with Crippen LogP contribution in [-0.4, -0.2) is 99.1 Å². The average molecular weight is 339 g/mol. The monoisotopic (exact) mass is 339 g/mol. The number of carboxylic acids is 1. The van der Waals surface area contributed by atoms with E-state index in [2.05, 4.69) is 4.74 Å². The summed E-state index contributed by atoms with van der Waals surface area (Å²) in [6.45, 7) is -1.39. The smallest absolute Gasteiger partial charge is 0.372 e. The molecule has 0 heterocycles. The van der Waals surface area contributed by atoms with Crippen LogP contribution in [0.15, 0.2) is 0 Å². The van der Waals surface area contributed by atoms with Gasteiger partial charge in [-0.25, -0.2) is 4.79 Å². The lowest BCUT2D eigenvalue weighted by atomic mass is 9.94. The molecule has 0 bridgehead atoms. The van der Waals surface area contributed by atoms with Crippen LogP contribution < -0.4 is 5.32 Å². The Bertz CT molecular complexity index is 415. The van der Waals surface area contributed by atoms with Crippen molar-refractivity contribution in [3.8, 4) is 0 Å². The molecule has 0 aromatic heterocycles. The SMILES string of the molecule is COC[C@@H](O)[C@@H](O)[C@H](O)[C@H](NC(=O)CO)[C@@H](O)CC(=O)C(=O)O. The van der Waals surface area contributed by atoms with E-state index in [4.69, 9.17) is 10.2 Å². The van der Waals surface area contributed by atoms with Crippen LogP contribution in [0.2, 0.25) is 0 Å². The minimum absolute atomic E-state index is 0.372. The van der Waals surface area contributed by atoms with Crippen LogP contribution in [0, 0.1) is 0 Å². The molecule has 7 N–H and O–H groups in total. The third-order valence-electron chi connectivity index (χ3n) is 2.97. The highest BCUT2D eigenvalue weighted by atomic mass is 16.5. The molecule has 0 aromatic carbocycles. The second-order valence-corrected chi connectivity index (χ2v) is 4.76. The standard InChI is InChI=1S/C12H21NO10/c1-23-4-7(17)10(19)11(20)9(13-8(18)3-14)5(15)2-6(16)12(21)22/h5,7,9-11,14-15,17,19-20H,2-4H2,1H3,(H,13,18)(H,21,22)/t5-,7+,9+,10+,11+/m0/s1. The van der Waals surface area contributed by atoms with Gasteiger partial charge in [-0.2, -0.15) is 0 Å². The zero-order valence-electron chi connectivity index (χ0n) is 12.3. The summed E-state index contributed by atoms with van der Waals surface area (Å²) in [5, 5.41) is 58.2. The quantitative estimate of drug-likeness (QED) is 0.181. The molecule has 0 aliphatic rings. The summed E-state index contributed by atoms with van der Waals surface area (Å²) >= 11 is 0. The molecule has 0 aliphatic heterocycles. The van der Waals surface area contributed by atoms with Gasteiger partial charge in [-0.05, 0) is 0 Å². The van der Waals surface area contributed by atoms with Gasteiger partial charge in [0, 0.05) is 13.5 Å². The number of aliphatic hydroxyl groups excluding tert-OH is 5. The highest BCUT2D eigenvalue weighted by molar-refractivity contribution is 6.32. The Morgan fingerprint density at radius 2 is 1.61 bits per heavy atom. The van der Waals surface area contributed by atoms with Crippen LogP contribution in [0.25, 0.3) is 0 Å². The van der Waals surface area contributed by atoms with Gasteiger partial charge in [0.15, 0.2) is 0 Å². The number of amides is 1. The number of carboxylic acid groups (broad SMARTS) is 1. The maximum Gasteiger partial charge on any atom is 0.372 e. The number of hydrogen-bond donors (Lipinski definition) is 7. The van der Waals surface area contributed by atoms with E-state index >= 15 is 0 Å². The van der Waals surface area contributed by atoms with E-state index < -0.39 is 61.1 Å². The number of carbonyl (C=O) groups excluding carboxylic acids is 2. The average Bonchev–Trinajstić information content (AvgIpc) is 2.50. The van der Waals surface area contributed by atoms with Gasteiger partial charge >= 0.3 is 5.97 Å². The minimum Gasteiger partial charge on any atom is -0.475 e. The molecule has 134 valence electrons. The molecule has 11 nitrogen and oxygen atoms in total. The lowest BCUT2D eigenvalue weighted by Gasteiger charge is -2.32. The van der Waals surface area contributed by atoms with Crippen molar-refractivity contribution in [3.05, 3.63) is 0 Å². The third kappa shape index (κ3) is 6.99. The summed E-state index contributed by atoms with van der Waals surface area (Å²) in [6, 6.07) is -1.71. The normalized spacial score (nSPS) is 17.7. The number of carbonyl (C=O) groups is 3. The van der Waals surface area contributed by atoms with E-state index in [9.17, 15) is 34.8 Å². The van der Waals surface area contributed by atoms with Crippen molar-refractivity contribution >= 4 is 17.7 Å². The van der Waals surface area contributed by atoms with Crippen molar-refractivity contribution in [2.75, 3.05) is 20.3 Å². The van der Waals surface area contributed by atoms with Gasteiger partial charge < -0.3 is 40.7 Å². The summed E-state index contributed by atoms with van der Waals surface area (Å²) in [6.07, 6.45) is -8.27. The van der Waals surface area contributed by atoms with Gasteiger partial charge in [0.05, 0.1) is 18.8 Å². The number of rotatable bonds is 11. The molecular formula is C12H21NO10. The van der Waals surface area contributed by atoms with Crippen molar-refractivity contribution in [2.24, 2.45) is 0 Å². The first kappa shape index (κ1) is 21.4. The maximum atomic E-state index is 11.2. The van der Waals surface area contributed by atoms with Gasteiger partial charge in [0.1, 0.15) is 24.9 Å². The van der Waals surface area contributed by atoms with Crippen molar-refractivity contribution < 1.29 is 49.8 Å². The van der Waals surface area contributed by atoms with Crippen LogP contribution >= 0.6 is 0 Å². The highest BCUT2D eigenvalue weighted by Crippen LogP contribution is 2.12. The first-order valence-corrected chi connectivity index (χ1v) is 6.53. The number of aliphatic carboxylic acids is 1. The Morgan fingerprint density at radius 1 is 1.04 bits per heavy atom. The van der Waals surface area contributed by atoms with E-state index in [1.807, 2.05) is 5.32 Å². The van der Waals surface area contributed by atoms with Crippen LogP contribution in [0.4, 0.5) is 0 Å². The summed E-state index contributed by atoms with van der Waals surface area (Å²) < 4.78 is 4.57. The number of hydrogen-bond acceptors (Lipinski definition) is 9. The molecule has 0 unspecified atom stereocenters. The van der Waals surface area contributed by atoms with E-state index in [-0.39, 0.29) is 6.61 Å². The Labute approximate surface area is 131 Å². The Hall–Kier alpha value is -1.63. The van der Waals surface area contributed by atoms with E-state index in [1.165, 1.54) is 7.11 Å². The molecule has 0 spiro atoms. The van der Waals surface area contributed by atoms with Gasteiger partial charge in [-0.1, -0.05) is 0 Å². The van der Waals surface area contributed by atoms with Gasteiger partial charge in [0.2, 0.25) is 11.7 Å². The van der Waals surface area contributed by atoms with Gasteiger partial charge in [-0.15, -0.1) is 0 Å². The second kappa shape index (κ2) is 10.2. The maximum absolute atomic E-state index is 11.2. The predicted molar refractivity (Wildman–Crippen MR) is 72.2 cm³/mol. The van der Waals surface area contributed by atoms with Crippen LogP contribution in [0.1, 0.15) is 6.42 Å². The molecule has 0 fully saturated rings. The van der Waals surface area contributed by atoms with Crippen molar-refractivity contribution in [1.82, 2.24) is 5.32 Å². The second-order valence-electron chi connectivity index (χ2n) is 4.76. The van der Waals surface area contributed by atoms with Crippen LogP contribution in [0.3, 0.4) is 0 Å². The molecule has 0 radical (unpaired) electrons. The molecule has 0 aromatic rings.